The molecule has 0 aliphatic carbocycles. The van der Waals surface area contributed by atoms with Gasteiger partial charge in [-0.3, -0.25) is 0 Å². The van der Waals surface area contributed by atoms with Crippen molar-refractivity contribution in [2.24, 2.45) is 4.99 Å². The number of aliphatic hydroxyl groups is 1. The molecule has 3 N–H and O–H groups in total. The SMILES string of the molecule is CCNC(=NCc1ccccc1COCC)NCC(O)c1ccc(OC(F)F)cc1. The first-order valence-electron chi connectivity index (χ1n) is 9.93. The lowest BCUT2D eigenvalue weighted by Crippen LogP contribution is -2.39. The largest absolute Gasteiger partial charge is 0.435 e. The lowest BCUT2D eigenvalue weighted by Gasteiger charge is -2.16. The molecule has 0 saturated carbocycles. The van der Waals surface area contributed by atoms with E-state index in [1.165, 1.54) is 12.1 Å². The summed E-state index contributed by atoms with van der Waals surface area (Å²) in [6.45, 7) is 3.57. The number of benzene rings is 2. The number of halogens is 2. The molecule has 0 aliphatic heterocycles. The van der Waals surface area contributed by atoms with Gasteiger partial charge < -0.3 is 25.2 Å². The van der Waals surface area contributed by atoms with Crippen LogP contribution in [-0.4, -0.2) is 37.4 Å². The van der Waals surface area contributed by atoms with Gasteiger partial charge in [-0.15, -0.1) is 0 Å². The lowest BCUT2D eigenvalue weighted by molar-refractivity contribution is -0.0498. The van der Waals surface area contributed by atoms with Crippen LogP contribution in [0, 0.1) is 0 Å². The Labute approximate surface area is 175 Å². The maximum atomic E-state index is 12.2. The Morgan fingerprint density at radius 3 is 2.37 bits per heavy atom. The van der Waals surface area contributed by atoms with E-state index >= 15 is 0 Å². The zero-order valence-electron chi connectivity index (χ0n) is 17.3. The van der Waals surface area contributed by atoms with Crippen LogP contribution < -0.4 is 15.4 Å². The Kier molecular flexibility index (Phi) is 10.0. The van der Waals surface area contributed by atoms with Crippen molar-refractivity contribution in [3.63, 3.8) is 0 Å². The van der Waals surface area contributed by atoms with Gasteiger partial charge in [0.05, 0.1) is 19.3 Å². The number of hydrogen-bond acceptors (Lipinski definition) is 4. The lowest BCUT2D eigenvalue weighted by atomic mass is 10.1. The summed E-state index contributed by atoms with van der Waals surface area (Å²) in [7, 11) is 0. The topological polar surface area (TPSA) is 75.1 Å². The van der Waals surface area contributed by atoms with E-state index in [2.05, 4.69) is 20.4 Å². The molecule has 30 heavy (non-hydrogen) atoms. The number of alkyl halides is 2. The second kappa shape index (κ2) is 12.8. The molecule has 164 valence electrons. The third-order valence-electron chi connectivity index (χ3n) is 4.28. The zero-order valence-corrected chi connectivity index (χ0v) is 17.3. The van der Waals surface area contributed by atoms with E-state index in [4.69, 9.17) is 4.74 Å². The maximum Gasteiger partial charge on any atom is 0.387 e. The van der Waals surface area contributed by atoms with E-state index in [0.29, 0.717) is 37.8 Å². The Morgan fingerprint density at radius 2 is 1.73 bits per heavy atom. The fraction of sp³-hybridized carbons (Fsp3) is 0.409. The van der Waals surface area contributed by atoms with E-state index in [-0.39, 0.29) is 12.3 Å². The van der Waals surface area contributed by atoms with Gasteiger partial charge in [-0.05, 0) is 42.7 Å². The highest BCUT2D eigenvalue weighted by Gasteiger charge is 2.10. The third kappa shape index (κ3) is 7.96. The quantitative estimate of drug-likeness (QED) is 0.382. The van der Waals surface area contributed by atoms with Crippen molar-refractivity contribution in [1.29, 1.82) is 0 Å². The number of nitrogens with one attached hydrogen (secondary N) is 2. The van der Waals surface area contributed by atoms with Gasteiger partial charge in [-0.25, -0.2) is 4.99 Å². The molecule has 0 saturated heterocycles. The first-order chi connectivity index (χ1) is 14.5. The number of hydrogen-bond donors (Lipinski definition) is 3. The molecule has 2 aromatic carbocycles. The van der Waals surface area contributed by atoms with E-state index in [9.17, 15) is 13.9 Å². The molecule has 0 bridgehead atoms. The summed E-state index contributed by atoms with van der Waals surface area (Å²) in [6, 6.07) is 13.9. The molecule has 6 nitrogen and oxygen atoms in total. The molecule has 0 fully saturated rings. The average molecular weight is 421 g/mol. The first kappa shape index (κ1) is 23.6. The average Bonchev–Trinajstić information content (AvgIpc) is 2.74. The van der Waals surface area contributed by atoms with Crippen LogP contribution in [-0.2, 0) is 17.9 Å². The molecule has 0 spiro atoms. The molecular formula is C22H29F2N3O3. The van der Waals surface area contributed by atoms with Gasteiger partial charge in [0, 0.05) is 19.7 Å². The van der Waals surface area contributed by atoms with Crippen LogP contribution >= 0.6 is 0 Å². The van der Waals surface area contributed by atoms with Crippen LogP contribution in [0.5, 0.6) is 5.75 Å². The fourth-order valence-electron chi connectivity index (χ4n) is 2.75. The molecule has 0 heterocycles. The second-order valence-electron chi connectivity index (χ2n) is 6.45. The van der Waals surface area contributed by atoms with Crippen molar-refractivity contribution in [1.82, 2.24) is 10.6 Å². The predicted molar refractivity (Wildman–Crippen MR) is 113 cm³/mol. The summed E-state index contributed by atoms with van der Waals surface area (Å²) < 4.78 is 34.3. The van der Waals surface area contributed by atoms with Crippen LogP contribution in [0.25, 0.3) is 0 Å². The van der Waals surface area contributed by atoms with Gasteiger partial charge in [0.2, 0.25) is 0 Å². The van der Waals surface area contributed by atoms with Crippen molar-refractivity contribution in [2.75, 3.05) is 19.7 Å². The van der Waals surface area contributed by atoms with Crippen molar-refractivity contribution < 1.29 is 23.4 Å². The Hall–Kier alpha value is -2.71. The summed E-state index contributed by atoms with van der Waals surface area (Å²) in [5.41, 5.74) is 2.74. The Balaban J connectivity index is 1.96. The van der Waals surface area contributed by atoms with Crippen LogP contribution in [0.2, 0.25) is 0 Å². The molecule has 8 heteroatoms. The summed E-state index contributed by atoms with van der Waals surface area (Å²) in [6.07, 6.45) is -0.834. The first-order valence-corrected chi connectivity index (χ1v) is 9.93. The van der Waals surface area contributed by atoms with Crippen LogP contribution in [0.3, 0.4) is 0 Å². The molecule has 2 rings (SSSR count). The molecule has 1 atom stereocenters. The molecule has 0 aromatic heterocycles. The van der Waals surface area contributed by atoms with E-state index in [1.54, 1.807) is 12.1 Å². The van der Waals surface area contributed by atoms with Crippen LogP contribution in [0.15, 0.2) is 53.5 Å². The fourth-order valence-corrected chi connectivity index (χ4v) is 2.75. The number of aliphatic imine (C=N–C) groups is 1. The normalized spacial score (nSPS) is 12.7. The molecule has 2 aromatic rings. The van der Waals surface area contributed by atoms with Gasteiger partial charge in [-0.2, -0.15) is 8.78 Å². The molecule has 0 radical (unpaired) electrons. The summed E-state index contributed by atoms with van der Waals surface area (Å²) in [5, 5.41) is 16.6. The smallest absolute Gasteiger partial charge is 0.387 e. The highest BCUT2D eigenvalue weighted by atomic mass is 19.3. The van der Waals surface area contributed by atoms with Crippen LogP contribution in [0.4, 0.5) is 8.78 Å². The number of guanidine groups is 1. The minimum atomic E-state index is -2.88. The molecule has 0 aliphatic rings. The minimum Gasteiger partial charge on any atom is -0.435 e. The van der Waals surface area contributed by atoms with E-state index in [1.807, 2.05) is 38.1 Å². The van der Waals surface area contributed by atoms with Gasteiger partial charge in [-0.1, -0.05) is 36.4 Å². The standard InChI is InChI=1S/C22H29F2N3O3/c1-3-25-22(26-13-17-7-5-6-8-18(17)15-29-4-2)27-14-20(28)16-9-11-19(12-10-16)30-21(23)24/h5-12,20-21,28H,3-4,13-15H2,1-2H3,(H2,25,26,27). The van der Waals surface area contributed by atoms with Gasteiger partial charge >= 0.3 is 6.61 Å². The monoisotopic (exact) mass is 421 g/mol. The zero-order chi connectivity index (χ0) is 21.8. The van der Waals surface area contributed by atoms with Crippen LogP contribution in [0.1, 0.15) is 36.6 Å². The molecule has 1 unspecified atom stereocenters. The Morgan fingerprint density at radius 1 is 1.03 bits per heavy atom. The third-order valence-corrected chi connectivity index (χ3v) is 4.28. The van der Waals surface area contributed by atoms with Crippen molar-refractivity contribution in [2.45, 2.75) is 39.7 Å². The number of rotatable bonds is 11. The maximum absolute atomic E-state index is 12.2. The van der Waals surface area contributed by atoms with Gasteiger partial charge in [0.25, 0.3) is 0 Å². The molecular weight excluding hydrogens is 392 g/mol. The number of nitrogens with zero attached hydrogens (tertiary/aromatic N) is 1. The summed E-state index contributed by atoms with van der Waals surface area (Å²) in [5.74, 6) is 0.620. The van der Waals surface area contributed by atoms with Gasteiger partial charge in [0.1, 0.15) is 5.75 Å². The number of aliphatic hydroxyl groups excluding tert-OH is 1. The van der Waals surface area contributed by atoms with E-state index in [0.717, 1.165) is 11.1 Å². The Bertz CT molecular complexity index is 785. The highest BCUT2D eigenvalue weighted by molar-refractivity contribution is 5.79. The summed E-state index contributed by atoms with van der Waals surface area (Å²) in [4.78, 5) is 4.59. The minimum absolute atomic E-state index is 0.0505. The van der Waals surface area contributed by atoms with E-state index < -0.39 is 12.7 Å². The predicted octanol–water partition coefficient (Wildman–Crippen LogP) is 3.61. The van der Waals surface area contributed by atoms with Crippen molar-refractivity contribution in [3.05, 3.63) is 65.2 Å². The van der Waals surface area contributed by atoms with Gasteiger partial charge in [0.15, 0.2) is 5.96 Å². The van der Waals surface area contributed by atoms with Crippen molar-refractivity contribution >= 4 is 5.96 Å². The summed E-state index contributed by atoms with van der Waals surface area (Å²) >= 11 is 0. The number of ether oxygens (including phenoxy) is 2. The second-order valence-corrected chi connectivity index (χ2v) is 6.45. The highest BCUT2D eigenvalue weighted by Crippen LogP contribution is 2.19. The molecule has 0 amide bonds. The van der Waals surface area contributed by atoms with Crippen molar-refractivity contribution in [3.8, 4) is 5.75 Å².